The van der Waals surface area contributed by atoms with Gasteiger partial charge in [-0.05, 0) is 25.7 Å². The highest BCUT2D eigenvalue weighted by atomic mass is 16.2. The number of carbonyl (C=O) groups excluding carboxylic acids is 1. The Bertz CT molecular complexity index is 226. The molecule has 0 aromatic heterocycles. The summed E-state index contributed by atoms with van der Waals surface area (Å²) in [6, 6.07) is 0.221. The maximum atomic E-state index is 11.3. The molecule has 1 amide bonds. The predicted molar refractivity (Wildman–Crippen MR) is 47.2 cm³/mol. The maximum absolute atomic E-state index is 11.3. The Kier molecular flexibility index (Phi) is 3.12. The number of rotatable bonds is 1. The number of carbonyl (C=O) groups is 1. The van der Waals surface area contributed by atoms with Crippen molar-refractivity contribution >= 4 is 5.91 Å². The zero-order valence-electron chi connectivity index (χ0n) is 7.34. The Morgan fingerprint density at radius 1 is 1.75 bits per heavy atom. The summed E-state index contributed by atoms with van der Waals surface area (Å²) in [5.41, 5.74) is 5.52. The summed E-state index contributed by atoms with van der Waals surface area (Å²) in [5, 5.41) is 0. The van der Waals surface area contributed by atoms with Crippen molar-refractivity contribution in [1.29, 1.82) is 0 Å². The summed E-state index contributed by atoms with van der Waals surface area (Å²) in [6.07, 6.45) is 2.08. The van der Waals surface area contributed by atoms with Crippen molar-refractivity contribution < 1.29 is 4.79 Å². The molecule has 0 unspecified atom stereocenters. The van der Waals surface area contributed by atoms with Gasteiger partial charge < -0.3 is 10.6 Å². The van der Waals surface area contributed by atoms with Gasteiger partial charge in [0.05, 0.1) is 0 Å². The van der Waals surface area contributed by atoms with Gasteiger partial charge in [0, 0.05) is 19.1 Å². The van der Waals surface area contributed by atoms with E-state index >= 15 is 0 Å². The highest BCUT2D eigenvalue weighted by Crippen LogP contribution is 2.15. The van der Waals surface area contributed by atoms with Crippen molar-refractivity contribution in [1.82, 2.24) is 4.90 Å². The first-order valence-corrected chi connectivity index (χ1v) is 4.23. The van der Waals surface area contributed by atoms with Crippen LogP contribution in [0.3, 0.4) is 0 Å². The number of nitrogens with two attached hydrogens (primary N) is 1. The molecule has 0 bridgehead atoms. The van der Waals surface area contributed by atoms with E-state index in [1.165, 1.54) is 0 Å². The van der Waals surface area contributed by atoms with Gasteiger partial charge in [0.2, 0.25) is 0 Å². The van der Waals surface area contributed by atoms with Gasteiger partial charge in [-0.3, -0.25) is 4.79 Å². The minimum absolute atomic E-state index is 0.0783. The van der Waals surface area contributed by atoms with E-state index < -0.39 is 0 Å². The first-order valence-electron chi connectivity index (χ1n) is 4.23. The van der Waals surface area contributed by atoms with Crippen LogP contribution in [0.4, 0.5) is 0 Å². The molecule has 1 heterocycles. The molecule has 1 fully saturated rings. The van der Waals surface area contributed by atoms with Crippen molar-refractivity contribution in [2.75, 3.05) is 13.1 Å². The highest BCUT2D eigenvalue weighted by molar-refractivity contribution is 5.93. The molecule has 1 atom stereocenters. The quantitative estimate of drug-likeness (QED) is 0.555. The molecule has 1 aliphatic heterocycles. The molecule has 66 valence electrons. The lowest BCUT2D eigenvalue weighted by Gasteiger charge is -2.20. The molecule has 3 nitrogen and oxygen atoms in total. The first-order chi connectivity index (χ1) is 5.79. The normalized spacial score (nSPS) is 21.8. The maximum Gasteiger partial charge on any atom is 0.298 e. The van der Waals surface area contributed by atoms with Gasteiger partial charge in [-0.15, -0.1) is 0 Å². The zero-order chi connectivity index (χ0) is 8.97. The Morgan fingerprint density at radius 2 is 2.50 bits per heavy atom. The summed E-state index contributed by atoms with van der Waals surface area (Å²) in [7, 11) is 0. The summed E-state index contributed by atoms with van der Waals surface area (Å²) >= 11 is 0. The number of amides is 1. The molecule has 3 heteroatoms. The summed E-state index contributed by atoms with van der Waals surface area (Å²) in [4.78, 5) is 13.1. The SMILES string of the molecule is CC#CC(=O)N1CCC[C@H]1CN. The zero-order valence-corrected chi connectivity index (χ0v) is 7.34. The lowest BCUT2D eigenvalue weighted by Crippen LogP contribution is -2.39. The van der Waals surface area contributed by atoms with E-state index in [-0.39, 0.29) is 11.9 Å². The monoisotopic (exact) mass is 166 g/mol. The van der Waals surface area contributed by atoms with Crippen LogP contribution >= 0.6 is 0 Å². The fourth-order valence-corrected chi connectivity index (χ4v) is 1.53. The molecule has 12 heavy (non-hydrogen) atoms. The van der Waals surface area contributed by atoms with Crippen LogP contribution in [0.15, 0.2) is 0 Å². The summed E-state index contributed by atoms with van der Waals surface area (Å²) in [6.45, 7) is 3.04. The third-order valence-electron chi connectivity index (χ3n) is 2.14. The van der Waals surface area contributed by atoms with Gasteiger partial charge >= 0.3 is 0 Å². The number of likely N-dealkylation sites (tertiary alicyclic amines) is 1. The Labute approximate surface area is 72.9 Å². The molecule has 1 saturated heterocycles. The van der Waals surface area contributed by atoms with Crippen molar-refractivity contribution in [3.63, 3.8) is 0 Å². The first kappa shape index (κ1) is 9.08. The lowest BCUT2D eigenvalue weighted by atomic mass is 10.2. The lowest BCUT2D eigenvalue weighted by molar-refractivity contribution is -0.125. The molecule has 0 radical (unpaired) electrons. The van der Waals surface area contributed by atoms with Gasteiger partial charge in [-0.1, -0.05) is 5.92 Å². The van der Waals surface area contributed by atoms with Crippen LogP contribution in [-0.2, 0) is 4.79 Å². The predicted octanol–water partition coefficient (Wildman–Crippen LogP) is -0.0406. The third kappa shape index (κ3) is 1.77. The molecule has 0 aliphatic carbocycles. The van der Waals surface area contributed by atoms with Gasteiger partial charge in [-0.2, -0.15) is 0 Å². The molecule has 0 aromatic rings. The van der Waals surface area contributed by atoms with Gasteiger partial charge in [-0.25, -0.2) is 0 Å². The minimum Gasteiger partial charge on any atom is -0.328 e. The van der Waals surface area contributed by atoms with Crippen LogP contribution in [0.25, 0.3) is 0 Å². The van der Waals surface area contributed by atoms with E-state index in [0.29, 0.717) is 6.54 Å². The van der Waals surface area contributed by atoms with Gasteiger partial charge in [0.1, 0.15) is 0 Å². The number of hydrogen-bond acceptors (Lipinski definition) is 2. The average molecular weight is 166 g/mol. The van der Waals surface area contributed by atoms with Crippen molar-refractivity contribution in [2.45, 2.75) is 25.8 Å². The number of hydrogen-bond donors (Lipinski definition) is 1. The fraction of sp³-hybridized carbons (Fsp3) is 0.667. The third-order valence-corrected chi connectivity index (χ3v) is 2.14. The fourth-order valence-electron chi connectivity index (χ4n) is 1.53. The Morgan fingerprint density at radius 3 is 3.08 bits per heavy atom. The van der Waals surface area contributed by atoms with E-state index in [2.05, 4.69) is 11.8 Å². The molecule has 1 aliphatic rings. The van der Waals surface area contributed by atoms with Crippen molar-refractivity contribution in [2.24, 2.45) is 5.73 Å². The molecule has 0 spiro atoms. The topological polar surface area (TPSA) is 46.3 Å². The van der Waals surface area contributed by atoms with Gasteiger partial charge in [0.25, 0.3) is 5.91 Å². The second-order valence-corrected chi connectivity index (χ2v) is 2.91. The molecule has 0 aromatic carbocycles. The van der Waals surface area contributed by atoms with E-state index in [1.54, 1.807) is 11.8 Å². The molecule has 0 saturated carbocycles. The Balaban J connectivity index is 2.59. The molecular formula is C9H14N2O. The average Bonchev–Trinajstić information content (AvgIpc) is 2.51. The van der Waals surface area contributed by atoms with Crippen LogP contribution in [-0.4, -0.2) is 29.9 Å². The van der Waals surface area contributed by atoms with Crippen molar-refractivity contribution in [3.05, 3.63) is 0 Å². The van der Waals surface area contributed by atoms with Crippen LogP contribution < -0.4 is 5.73 Å². The van der Waals surface area contributed by atoms with Crippen molar-refractivity contribution in [3.8, 4) is 11.8 Å². The van der Waals surface area contributed by atoms with E-state index in [0.717, 1.165) is 19.4 Å². The molecule has 1 rings (SSSR count). The number of nitrogens with zero attached hydrogens (tertiary/aromatic N) is 1. The van der Waals surface area contributed by atoms with Crippen LogP contribution in [0.1, 0.15) is 19.8 Å². The second kappa shape index (κ2) is 4.13. The van der Waals surface area contributed by atoms with Crippen LogP contribution in [0.5, 0.6) is 0 Å². The smallest absolute Gasteiger partial charge is 0.298 e. The molecular weight excluding hydrogens is 152 g/mol. The van der Waals surface area contributed by atoms with E-state index in [9.17, 15) is 4.79 Å². The summed E-state index contributed by atoms with van der Waals surface area (Å²) in [5.74, 6) is 5.06. The van der Waals surface area contributed by atoms with E-state index in [4.69, 9.17) is 5.73 Å². The second-order valence-electron chi connectivity index (χ2n) is 2.91. The van der Waals surface area contributed by atoms with Crippen LogP contribution in [0.2, 0.25) is 0 Å². The standard InChI is InChI=1S/C9H14N2O/c1-2-4-9(12)11-6-3-5-8(11)7-10/h8H,3,5-7,10H2,1H3/t8-/m0/s1. The largest absolute Gasteiger partial charge is 0.328 e. The van der Waals surface area contributed by atoms with E-state index in [1.807, 2.05) is 0 Å². The summed E-state index contributed by atoms with van der Waals surface area (Å²) < 4.78 is 0. The Hall–Kier alpha value is -1.01. The minimum atomic E-state index is -0.0783. The highest BCUT2D eigenvalue weighted by Gasteiger charge is 2.26. The molecule has 2 N–H and O–H groups in total. The van der Waals surface area contributed by atoms with Gasteiger partial charge in [0.15, 0.2) is 0 Å². The van der Waals surface area contributed by atoms with Crippen LogP contribution in [0, 0.1) is 11.8 Å².